The second-order valence-corrected chi connectivity index (χ2v) is 5.01. The van der Waals surface area contributed by atoms with Gasteiger partial charge in [-0.15, -0.1) is 0 Å². The number of thiocarbonyl (C=S) groups is 1. The molecule has 0 aromatic heterocycles. The van der Waals surface area contributed by atoms with Crippen molar-refractivity contribution in [2.45, 2.75) is 32.2 Å². The molecule has 1 atom stereocenters. The van der Waals surface area contributed by atoms with Gasteiger partial charge < -0.3 is 16.0 Å². The zero-order valence-electron chi connectivity index (χ0n) is 10.1. The molecular weight excluding hydrogens is 230 g/mol. The van der Waals surface area contributed by atoms with Crippen LogP contribution >= 0.6 is 12.2 Å². The third kappa shape index (κ3) is 3.09. The first-order chi connectivity index (χ1) is 8.16. The van der Waals surface area contributed by atoms with E-state index in [9.17, 15) is 0 Å². The van der Waals surface area contributed by atoms with Crippen LogP contribution in [0.4, 0.5) is 11.4 Å². The Bertz CT molecular complexity index is 388. The van der Waals surface area contributed by atoms with Crippen LogP contribution in [0.15, 0.2) is 24.3 Å². The van der Waals surface area contributed by atoms with Gasteiger partial charge >= 0.3 is 0 Å². The van der Waals surface area contributed by atoms with Crippen molar-refractivity contribution in [3.8, 4) is 0 Å². The highest BCUT2D eigenvalue weighted by Gasteiger charge is 2.18. The fourth-order valence-electron chi connectivity index (χ4n) is 2.36. The van der Waals surface area contributed by atoms with Crippen molar-refractivity contribution in [1.29, 1.82) is 0 Å². The van der Waals surface area contributed by atoms with Gasteiger partial charge in [0.2, 0.25) is 0 Å². The number of benzene rings is 1. The molecule has 0 radical (unpaired) electrons. The van der Waals surface area contributed by atoms with Crippen LogP contribution in [0.2, 0.25) is 0 Å². The van der Waals surface area contributed by atoms with Crippen LogP contribution in [0.5, 0.6) is 0 Å². The van der Waals surface area contributed by atoms with Crippen molar-refractivity contribution in [2.24, 2.45) is 5.73 Å². The molecule has 1 aromatic rings. The summed E-state index contributed by atoms with van der Waals surface area (Å²) in [6.07, 6.45) is 3.92. The van der Waals surface area contributed by atoms with Gasteiger partial charge in [-0.25, -0.2) is 0 Å². The van der Waals surface area contributed by atoms with Crippen LogP contribution in [0.25, 0.3) is 0 Å². The summed E-state index contributed by atoms with van der Waals surface area (Å²) in [4.78, 5) is 2.47. The summed E-state index contributed by atoms with van der Waals surface area (Å²) in [5, 5.41) is 3.25. The monoisotopic (exact) mass is 249 g/mol. The van der Waals surface area contributed by atoms with Gasteiger partial charge in [-0.3, -0.25) is 0 Å². The van der Waals surface area contributed by atoms with Gasteiger partial charge in [0.1, 0.15) is 0 Å². The third-order valence-electron chi connectivity index (χ3n) is 3.27. The summed E-state index contributed by atoms with van der Waals surface area (Å²) >= 11 is 4.81. The quantitative estimate of drug-likeness (QED) is 0.791. The van der Waals surface area contributed by atoms with Gasteiger partial charge in [0.05, 0.1) is 0 Å². The molecule has 1 aliphatic heterocycles. The Morgan fingerprint density at radius 2 is 2.06 bits per heavy atom. The highest BCUT2D eigenvalue weighted by atomic mass is 32.1. The van der Waals surface area contributed by atoms with Crippen LogP contribution < -0.4 is 16.0 Å². The minimum absolute atomic E-state index is 0.309. The van der Waals surface area contributed by atoms with E-state index in [1.54, 1.807) is 0 Å². The van der Waals surface area contributed by atoms with Crippen LogP contribution in [-0.4, -0.2) is 17.7 Å². The van der Waals surface area contributed by atoms with Crippen molar-refractivity contribution >= 4 is 28.7 Å². The minimum atomic E-state index is 0.309. The Morgan fingerprint density at radius 3 is 2.65 bits per heavy atom. The van der Waals surface area contributed by atoms with Crippen molar-refractivity contribution in [1.82, 2.24) is 0 Å². The molecule has 92 valence electrons. The van der Waals surface area contributed by atoms with E-state index in [-0.39, 0.29) is 0 Å². The number of rotatable bonds is 2. The number of nitrogens with zero attached hydrogens (tertiary/aromatic N) is 1. The van der Waals surface area contributed by atoms with Crippen LogP contribution in [-0.2, 0) is 0 Å². The summed E-state index contributed by atoms with van der Waals surface area (Å²) in [5.41, 5.74) is 7.67. The largest absolute Gasteiger partial charge is 0.376 e. The molecule has 1 saturated heterocycles. The molecule has 1 fully saturated rings. The molecule has 17 heavy (non-hydrogen) atoms. The first kappa shape index (κ1) is 12.2. The molecule has 0 bridgehead atoms. The van der Waals surface area contributed by atoms with Crippen molar-refractivity contribution in [3.05, 3.63) is 24.3 Å². The summed E-state index contributed by atoms with van der Waals surface area (Å²) in [6.45, 7) is 3.45. The van der Waals surface area contributed by atoms with Crippen molar-refractivity contribution < 1.29 is 0 Å². The summed E-state index contributed by atoms with van der Waals surface area (Å²) in [6, 6.07) is 8.94. The van der Waals surface area contributed by atoms with E-state index in [2.05, 4.69) is 29.3 Å². The average molecular weight is 249 g/mol. The van der Waals surface area contributed by atoms with Crippen LogP contribution in [0, 0.1) is 0 Å². The molecule has 2 rings (SSSR count). The van der Waals surface area contributed by atoms with E-state index in [4.69, 9.17) is 18.0 Å². The van der Waals surface area contributed by atoms with Gasteiger partial charge in [-0.05, 0) is 62.7 Å². The van der Waals surface area contributed by atoms with Crippen LogP contribution in [0.1, 0.15) is 26.2 Å². The molecule has 1 aliphatic rings. The lowest BCUT2D eigenvalue weighted by Crippen LogP contribution is -2.37. The molecule has 0 unspecified atom stereocenters. The first-order valence-electron chi connectivity index (χ1n) is 6.10. The number of hydrogen-bond donors (Lipinski definition) is 2. The highest BCUT2D eigenvalue weighted by Crippen LogP contribution is 2.25. The lowest BCUT2D eigenvalue weighted by Gasteiger charge is -2.35. The highest BCUT2D eigenvalue weighted by molar-refractivity contribution is 7.80. The van der Waals surface area contributed by atoms with E-state index in [1.165, 1.54) is 24.9 Å². The Kier molecular flexibility index (Phi) is 3.84. The predicted molar refractivity (Wildman–Crippen MR) is 77.5 cm³/mol. The maximum atomic E-state index is 5.44. The Labute approximate surface area is 108 Å². The van der Waals surface area contributed by atoms with Gasteiger partial charge in [0.25, 0.3) is 0 Å². The SMILES string of the molecule is C[C@@H]1CCCCN1c1ccc(NC(N)=S)cc1. The predicted octanol–water partition coefficient (Wildman–Crippen LogP) is 2.72. The van der Waals surface area contributed by atoms with E-state index in [0.717, 1.165) is 12.2 Å². The molecule has 0 spiro atoms. The third-order valence-corrected chi connectivity index (χ3v) is 3.37. The molecule has 4 heteroatoms. The topological polar surface area (TPSA) is 41.3 Å². The summed E-state index contributed by atoms with van der Waals surface area (Å²) in [5.74, 6) is 0. The fraction of sp³-hybridized carbons (Fsp3) is 0.462. The zero-order chi connectivity index (χ0) is 12.3. The summed E-state index contributed by atoms with van der Waals surface area (Å²) in [7, 11) is 0. The molecule has 3 N–H and O–H groups in total. The lowest BCUT2D eigenvalue weighted by atomic mass is 10.0. The van der Waals surface area contributed by atoms with Crippen LogP contribution in [0.3, 0.4) is 0 Å². The van der Waals surface area contributed by atoms with Gasteiger partial charge in [-0.1, -0.05) is 0 Å². The normalized spacial score (nSPS) is 20.1. The standard InChI is InChI=1S/C13H19N3S/c1-10-4-2-3-9-16(10)12-7-5-11(6-8-12)15-13(14)17/h5-8,10H,2-4,9H2,1H3,(H3,14,15,17)/t10-/m1/s1. The maximum Gasteiger partial charge on any atom is 0.168 e. The van der Waals surface area contributed by atoms with Gasteiger partial charge in [0.15, 0.2) is 5.11 Å². The number of nitrogens with two attached hydrogens (primary N) is 1. The molecule has 0 aliphatic carbocycles. The number of piperidine rings is 1. The van der Waals surface area contributed by atoms with Gasteiger partial charge in [0, 0.05) is 24.0 Å². The molecule has 0 amide bonds. The summed E-state index contributed by atoms with van der Waals surface area (Å²) < 4.78 is 0. The maximum absolute atomic E-state index is 5.44. The molecule has 0 saturated carbocycles. The number of hydrogen-bond acceptors (Lipinski definition) is 2. The van der Waals surface area contributed by atoms with Crippen molar-refractivity contribution in [3.63, 3.8) is 0 Å². The van der Waals surface area contributed by atoms with E-state index >= 15 is 0 Å². The van der Waals surface area contributed by atoms with Crippen molar-refractivity contribution in [2.75, 3.05) is 16.8 Å². The second-order valence-electron chi connectivity index (χ2n) is 4.57. The Morgan fingerprint density at radius 1 is 1.35 bits per heavy atom. The van der Waals surface area contributed by atoms with E-state index < -0.39 is 0 Å². The second kappa shape index (κ2) is 5.36. The molecular formula is C13H19N3S. The van der Waals surface area contributed by atoms with Gasteiger partial charge in [-0.2, -0.15) is 0 Å². The molecule has 3 nitrogen and oxygen atoms in total. The molecule has 1 aromatic carbocycles. The number of anilines is 2. The Balaban J connectivity index is 2.08. The average Bonchev–Trinajstić information content (AvgIpc) is 2.30. The first-order valence-corrected chi connectivity index (χ1v) is 6.51. The minimum Gasteiger partial charge on any atom is -0.376 e. The van der Waals surface area contributed by atoms with E-state index in [1.807, 2.05) is 12.1 Å². The smallest absolute Gasteiger partial charge is 0.168 e. The molecule has 1 heterocycles. The lowest BCUT2D eigenvalue weighted by molar-refractivity contribution is 0.485. The van der Waals surface area contributed by atoms with E-state index in [0.29, 0.717) is 11.2 Å². The number of nitrogens with one attached hydrogen (secondary N) is 1. The zero-order valence-corrected chi connectivity index (χ0v) is 11.0. The Hall–Kier alpha value is -1.29. The fourth-order valence-corrected chi connectivity index (χ4v) is 2.48.